The van der Waals surface area contributed by atoms with Crippen LogP contribution in [0.2, 0.25) is 0 Å². The van der Waals surface area contributed by atoms with Crippen LogP contribution in [0.1, 0.15) is 29.6 Å². The maximum atomic E-state index is 9.16. The lowest BCUT2D eigenvalue weighted by Gasteiger charge is -2.19. The Balaban J connectivity index is 1.76. The summed E-state index contributed by atoms with van der Waals surface area (Å²) in [6, 6.07) is 4.09. The number of nitrogens with zero attached hydrogens (tertiary/aromatic N) is 4. The molecule has 0 radical (unpaired) electrons. The maximum absolute atomic E-state index is 9.16. The molecule has 0 amide bonds. The Labute approximate surface area is 154 Å². The number of fused-ring (bicyclic) bond motifs is 1. The van der Waals surface area contributed by atoms with Gasteiger partial charge in [0.25, 0.3) is 0 Å². The fourth-order valence-corrected chi connectivity index (χ4v) is 3.18. The number of aromatic nitrogens is 3. The van der Waals surface area contributed by atoms with Crippen LogP contribution in [0.4, 0.5) is 5.82 Å². The van der Waals surface area contributed by atoms with Gasteiger partial charge in [-0.2, -0.15) is 0 Å². The van der Waals surface area contributed by atoms with E-state index in [0.717, 1.165) is 49.6 Å². The Morgan fingerprint density at radius 2 is 2.15 bits per heavy atom. The molecule has 2 aromatic heterocycles. The number of anilines is 1. The van der Waals surface area contributed by atoms with Crippen LogP contribution in [0.25, 0.3) is 0 Å². The molecule has 0 aliphatic carbocycles. The molecular formula is C19H27N5O2. The van der Waals surface area contributed by atoms with Crippen molar-refractivity contribution in [2.45, 2.75) is 32.9 Å². The normalized spacial score (nSPS) is 14.7. The lowest BCUT2D eigenvalue weighted by Crippen LogP contribution is -2.26. The number of aliphatic hydroxyl groups excluding tert-OH is 1. The number of hydrogen-bond donors (Lipinski definition) is 2. The van der Waals surface area contributed by atoms with E-state index >= 15 is 0 Å². The van der Waals surface area contributed by atoms with Gasteiger partial charge in [0.15, 0.2) is 5.82 Å². The van der Waals surface area contributed by atoms with Gasteiger partial charge in [-0.25, -0.2) is 9.97 Å². The molecule has 0 atom stereocenters. The second kappa shape index (κ2) is 9.56. The molecule has 0 aromatic carbocycles. The van der Waals surface area contributed by atoms with Gasteiger partial charge in [-0.1, -0.05) is 6.07 Å². The summed E-state index contributed by atoms with van der Waals surface area (Å²) in [7, 11) is 0. The highest BCUT2D eigenvalue weighted by molar-refractivity contribution is 5.47. The van der Waals surface area contributed by atoms with Gasteiger partial charge < -0.3 is 15.2 Å². The first-order chi connectivity index (χ1) is 12.8. The molecule has 140 valence electrons. The first-order valence-electron chi connectivity index (χ1n) is 9.22. The predicted molar refractivity (Wildman–Crippen MR) is 99.9 cm³/mol. The summed E-state index contributed by atoms with van der Waals surface area (Å²) >= 11 is 0. The summed E-state index contributed by atoms with van der Waals surface area (Å²) in [5, 5.41) is 12.4. The van der Waals surface area contributed by atoms with Crippen LogP contribution in [0, 0.1) is 0 Å². The van der Waals surface area contributed by atoms with Crippen molar-refractivity contribution >= 4 is 5.82 Å². The molecule has 1 aliphatic rings. The molecule has 0 saturated carbocycles. The number of rotatable bonds is 8. The van der Waals surface area contributed by atoms with E-state index < -0.39 is 0 Å². The standard InChI is InChI=1S/C19H27N5O2/c1-2-26-14-18-22-17-6-10-24(13-15-4-3-7-20-12-15)9-5-16(17)19(23-18)21-8-11-25/h3-4,7,12,25H,2,5-6,8-11,13-14H2,1H3,(H,21,22,23). The molecule has 1 aliphatic heterocycles. The van der Waals surface area contributed by atoms with Crippen molar-refractivity contribution in [3.63, 3.8) is 0 Å². The fraction of sp³-hybridized carbons (Fsp3) is 0.526. The van der Waals surface area contributed by atoms with Crippen molar-refractivity contribution in [2.24, 2.45) is 0 Å². The lowest BCUT2D eigenvalue weighted by atomic mass is 10.1. The minimum atomic E-state index is 0.0761. The van der Waals surface area contributed by atoms with Crippen LogP contribution in [0.3, 0.4) is 0 Å². The lowest BCUT2D eigenvalue weighted by molar-refractivity contribution is 0.128. The zero-order valence-corrected chi connectivity index (χ0v) is 15.3. The van der Waals surface area contributed by atoms with Crippen LogP contribution in [0.15, 0.2) is 24.5 Å². The van der Waals surface area contributed by atoms with E-state index in [1.807, 2.05) is 19.2 Å². The highest BCUT2D eigenvalue weighted by Gasteiger charge is 2.20. The van der Waals surface area contributed by atoms with Gasteiger partial charge in [0, 0.05) is 57.2 Å². The van der Waals surface area contributed by atoms with Crippen LogP contribution >= 0.6 is 0 Å². The summed E-state index contributed by atoms with van der Waals surface area (Å²) < 4.78 is 5.48. The third kappa shape index (κ3) is 4.97. The van der Waals surface area contributed by atoms with Gasteiger partial charge in [-0.05, 0) is 25.0 Å². The van der Waals surface area contributed by atoms with Crippen molar-refractivity contribution in [3.05, 3.63) is 47.2 Å². The van der Waals surface area contributed by atoms with Crippen molar-refractivity contribution in [1.29, 1.82) is 0 Å². The van der Waals surface area contributed by atoms with Crippen molar-refractivity contribution in [2.75, 3.05) is 38.2 Å². The molecule has 26 heavy (non-hydrogen) atoms. The monoisotopic (exact) mass is 357 g/mol. The second-order valence-corrected chi connectivity index (χ2v) is 6.34. The van der Waals surface area contributed by atoms with Crippen molar-refractivity contribution in [3.8, 4) is 0 Å². The van der Waals surface area contributed by atoms with Crippen LogP contribution in [-0.4, -0.2) is 57.8 Å². The maximum Gasteiger partial charge on any atom is 0.156 e. The topological polar surface area (TPSA) is 83.4 Å². The zero-order chi connectivity index (χ0) is 18.2. The summed E-state index contributed by atoms with van der Waals surface area (Å²) in [4.78, 5) is 16.0. The van der Waals surface area contributed by atoms with E-state index in [0.29, 0.717) is 25.6 Å². The Kier molecular flexibility index (Phi) is 6.88. The van der Waals surface area contributed by atoms with E-state index in [-0.39, 0.29) is 6.61 Å². The number of pyridine rings is 1. The number of hydrogen-bond acceptors (Lipinski definition) is 7. The van der Waals surface area contributed by atoms with E-state index in [1.165, 1.54) is 5.56 Å². The number of aliphatic hydroxyl groups is 1. The molecule has 3 rings (SSSR count). The minimum absolute atomic E-state index is 0.0761. The number of nitrogens with one attached hydrogen (secondary N) is 1. The van der Waals surface area contributed by atoms with E-state index in [9.17, 15) is 0 Å². The van der Waals surface area contributed by atoms with Gasteiger partial charge in [-0.15, -0.1) is 0 Å². The number of ether oxygens (including phenoxy) is 1. The Morgan fingerprint density at radius 3 is 2.92 bits per heavy atom. The van der Waals surface area contributed by atoms with Gasteiger partial charge in [0.2, 0.25) is 0 Å². The van der Waals surface area contributed by atoms with Gasteiger partial charge in [0.05, 0.1) is 12.3 Å². The molecule has 0 bridgehead atoms. The molecule has 0 spiro atoms. The van der Waals surface area contributed by atoms with E-state index in [2.05, 4.69) is 26.3 Å². The van der Waals surface area contributed by atoms with Crippen LogP contribution in [0.5, 0.6) is 0 Å². The van der Waals surface area contributed by atoms with E-state index in [1.54, 1.807) is 6.20 Å². The largest absolute Gasteiger partial charge is 0.395 e. The van der Waals surface area contributed by atoms with Gasteiger partial charge in [-0.3, -0.25) is 9.88 Å². The average Bonchev–Trinajstić information content (AvgIpc) is 2.88. The van der Waals surface area contributed by atoms with Crippen LogP contribution < -0.4 is 5.32 Å². The molecule has 7 nitrogen and oxygen atoms in total. The van der Waals surface area contributed by atoms with Crippen LogP contribution in [-0.2, 0) is 30.7 Å². The molecule has 0 fully saturated rings. The van der Waals surface area contributed by atoms with Gasteiger partial charge >= 0.3 is 0 Å². The first-order valence-corrected chi connectivity index (χ1v) is 9.22. The second-order valence-electron chi connectivity index (χ2n) is 6.34. The molecule has 0 unspecified atom stereocenters. The highest BCUT2D eigenvalue weighted by atomic mass is 16.5. The summed E-state index contributed by atoms with van der Waals surface area (Å²) in [5.41, 5.74) is 3.47. The Hall–Kier alpha value is -2.09. The summed E-state index contributed by atoms with van der Waals surface area (Å²) in [6.45, 7) is 6.36. The first kappa shape index (κ1) is 18.7. The Morgan fingerprint density at radius 1 is 1.27 bits per heavy atom. The van der Waals surface area contributed by atoms with E-state index in [4.69, 9.17) is 14.8 Å². The molecule has 0 saturated heterocycles. The summed E-state index contributed by atoms with van der Waals surface area (Å²) in [5.74, 6) is 1.54. The minimum Gasteiger partial charge on any atom is -0.395 e. The SMILES string of the molecule is CCOCc1nc2c(c(NCCO)n1)CCN(Cc1cccnc1)CC2. The van der Waals surface area contributed by atoms with Crippen molar-refractivity contribution in [1.82, 2.24) is 19.9 Å². The average molecular weight is 357 g/mol. The zero-order valence-electron chi connectivity index (χ0n) is 15.3. The third-order valence-electron chi connectivity index (χ3n) is 4.45. The molecular weight excluding hydrogens is 330 g/mol. The van der Waals surface area contributed by atoms with Gasteiger partial charge in [0.1, 0.15) is 12.4 Å². The molecule has 7 heteroatoms. The smallest absolute Gasteiger partial charge is 0.156 e. The van der Waals surface area contributed by atoms with Crippen molar-refractivity contribution < 1.29 is 9.84 Å². The molecule has 2 aromatic rings. The predicted octanol–water partition coefficient (Wildman–Crippen LogP) is 1.41. The molecule has 3 heterocycles. The molecule has 2 N–H and O–H groups in total. The Bertz CT molecular complexity index is 696. The third-order valence-corrected chi connectivity index (χ3v) is 4.45. The summed E-state index contributed by atoms with van der Waals surface area (Å²) in [6.07, 6.45) is 5.49. The quantitative estimate of drug-likeness (QED) is 0.739. The fourth-order valence-electron chi connectivity index (χ4n) is 3.18. The highest BCUT2D eigenvalue weighted by Crippen LogP contribution is 2.22.